The molecule has 1 saturated carbocycles. The quantitative estimate of drug-likeness (QED) is 0.730. The molecule has 2 aromatic heterocycles. The first-order valence-electron chi connectivity index (χ1n) is 7.15. The summed E-state index contributed by atoms with van der Waals surface area (Å²) in [5, 5.41) is 4.05. The highest BCUT2D eigenvalue weighted by atomic mass is 16.5. The maximum atomic E-state index is 11.6. The summed E-state index contributed by atoms with van der Waals surface area (Å²) < 4.78 is 15.6. The fourth-order valence-electron chi connectivity index (χ4n) is 2.26. The number of hydrogen-bond donors (Lipinski definition) is 0. The van der Waals surface area contributed by atoms with Crippen LogP contribution >= 0.6 is 0 Å². The Kier molecular flexibility index (Phi) is 4.06. The van der Waals surface area contributed by atoms with Gasteiger partial charge in [0.2, 0.25) is 5.76 Å². The lowest BCUT2D eigenvalue weighted by molar-refractivity contribution is -0.144. The summed E-state index contributed by atoms with van der Waals surface area (Å²) in [6.45, 7) is 3.09. The van der Waals surface area contributed by atoms with Gasteiger partial charge in [-0.05, 0) is 31.9 Å². The largest absolute Gasteiger partial charge is 0.465 e. The lowest BCUT2D eigenvalue weighted by Gasteiger charge is -2.19. The molecule has 0 radical (unpaired) electrons. The molecule has 1 aliphatic rings. The van der Waals surface area contributed by atoms with Crippen LogP contribution < -0.4 is 0 Å². The van der Waals surface area contributed by atoms with Crippen molar-refractivity contribution in [3.8, 4) is 11.5 Å². The van der Waals surface area contributed by atoms with Crippen LogP contribution in [0.3, 0.4) is 0 Å². The fraction of sp³-hybridized carbons (Fsp3) is 0.467. The Balaban J connectivity index is 1.64. The standard InChI is InChI=1S/C15H18N2O4/c1-2-19-15(18)10-17(12-5-6-12)9-11-8-14(21-16-11)13-4-3-7-20-13/h3-4,7-8,12H,2,5-6,9-10H2,1H3. The molecule has 6 heteroatoms. The van der Waals surface area contributed by atoms with Gasteiger partial charge in [-0.3, -0.25) is 9.69 Å². The molecule has 0 saturated heterocycles. The van der Waals surface area contributed by atoms with E-state index in [-0.39, 0.29) is 5.97 Å². The number of hydrogen-bond acceptors (Lipinski definition) is 6. The first-order valence-corrected chi connectivity index (χ1v) is 7.15. The van der Waals surface area contributed by atoms with Gasteiger partial charge in [0, 0.05) is 18.7 Å². The molecule has 0 aromatic carbocycles. The molecule has 1 aliphatic carbocycles. The van der Waals surface area contributed by atoms with E-state index in [0.717, 1.165) is 18.5 Å². The zero-order valence-electron chi connectivity index (χ0n) is 11.9. The van der Waals surface area contributed by atoms with Crippen molar-refractivity contribution in [1.29, 1.82) is 0 Å². The Morgan fingerprint density at radius 2 is 2.33 bits per heavy atom. The summed E-state index contributed by atoms with van der Waals surface area (Å²) >= 11 is 0. The normalized spacial score (nSPS) is 14.6. The van der Waals surface area contributed by atoms with Crippen molar-refractivity contribution in [3.63, 3.8) is 0 Å². The molecular formula is C15H18N2O4. The number of aromatic nitrogens is 1. The molecule has 0 amide bonds. The third kappa shape index (κ3) is 3.52. The minimum Gasteiger partial charge on any atom is -0.465 e. The van der Waals surface area contributed by atoms with E-state index in [0.29, 0.717) is 37.3 Å². The van der Waals surface area contributed by atoms with Crippen molar-refractivity contribution in [3.05, 3.63) is 30.2 Å². The van der Waals surface area contributed by atoms with E-state index in [9.17, 15) is 4.79 Å². The van der Waals surface area contributed by atoms with Gasteiger partial charge in [0.25, 0.3) is 0 Å². The van der Waals surface area contributed by atoms with Gasteiger partial charge in [0.05, 0.1) is 25.1 Å². The molecular weight excluding hydrogens is 272 g/mol. The molecule has 6 nitrogen and oxygen atoms in total. The number of rotatable bonds is 7. The lowest BCUT2D eigenvalue weighted by Crippen LogP contribution is -2.32. The number of nitrogens with zero attached hydrogens (tertiary/aromatic N) is 2. The summed E-state index contributed by atoms with van der Waals surface area (Å²) in [6, 6.07) is 5.91. The number of esters is 1. The lowest BCUT2D eigenvalue weighted by atomic mass is 10.3. The topological polar surface area (TPSA) is 68.7 Å². The van der Waals surface area contributed by atoms with Crippen LogP contribution in [0, 0.1) is 0 Å². The van der Waals surface area contributed by atoms with E-state index < -0.39 is 0 Å². The van der Waals surface area contributed by atoms with Crippen LogP contribution in [-0.2, 0) is 16.1 Å². The van der Waals surface area contributed by atoms with Gasteiger partial charge < -0.3 is 13.7 Å². The second kappa shape index (κ2) is 6.13. The van der Waals surface area contributed by atoms with Crippen molar-refractivity contribution in [2.75, 3.05) is 13.2 Å². The maximum Gasteiger partial charge on any atom is 0.320 e. The zero-order valence-corrected chi connectivity index (χ0v) is 11.9. The van der Waals surface area contributed by atoms with Gasteiger partial charge in [0.15, 0.2) is 5.76 Å². The molecule has 3 rings (SSSR count). The summed E-state index contributed by atoms with van der Waals surface area (Å²) in [5.41, 5.74) is 0.789. The zero-order chi connectivity index (χ0) is 14.7. The molecule has 112 valence electrons. The third-order valence-corrected chi connectivity index (χ3v) is 3.39. The smallest absolute Gasteiger partial charge is 0.320 e. The fourth-order valence-corrected chi connectivity index (χ4v) is 2.26. The Morgan fingerprint density at radius 1 is 1.48 bits per heavy atom. The van der Waals surface area contributed by atoms with Gasteiger partial charge in [-0.2, -0.15) is 0 Å². The predicted molar refractivity (Wildman–Crippen MR) is 74.3 cm³/mol. The number of furan rings is 1. The number of carbonyl (C=O) groups excluding carboxylic acids is 1. The Morgan fingerprint density at radius 3 is 3.00 bits per heavy atom. The minimum atomic E-state index is -0.195. The molecule has 0 unspecified atom stereocenters. The van der Waals surface area contributed by atoms with Gasteiger partial charge in [-0.1, -0.05) is 5.16 Å². The van der Waals surface area contributed by atoms with Crippen molar-refractivity contribution >= 4 is 5.97 Å². The molecule has 21 heavy (non-hydrogen) atoms. The van der Waals surface area contributed by atoms with E-state index >= 15 is 0 Å². The first-order chi connectivity index (χ1) is 10.3. The Bertz CT molecular complexity index is 587. The molecule has 0 N–H and O–H groups in total. The van der Waals surface area contributed by atoms with Crippen LogP contribution in [0.4, 0.5) is 0 Å². The average Bonchev–Trinajstić information content (AvgIpc) is 2.98. The predicted octanol–water partition coefficient (Wildman–Crippen LogP) is 2.46. The molecule has 0 bridgehead atoms. The third-order valence-electron chi connectivity index (χ3n) is 3.39. The second-order valence-electron chi connectivity index (χ2n) is 5.10. The number of carbonyl (C=O) groups is 1. The van der Waals surface area contributed by atoms with Crippen LogP contribution in [0.1, 0.15) is 25.5 Å². The average molecular weight is 290 g/mol. The molecule has 0 atom stereocenters. The SMILES string of the molecule is CCOC(=O)CN(Cc1cc(-c2ccco2)on1)C1CC1. The summed E-state index contributed by atoms with van der Waals surface area (Å²) in [5.74, 6) is 1.05. The summed E-state index contributed by atoms with van der Waals surface area (Å²) in [4.78, 5) is 13.7. The van der Waals surface area contributed by atoms with E-state index in [1.54, 1.807) is 12.3 Å². The molecule has 0 aliphatic heterocycles. The van der Waals surface area contributed by atoms with E-state index in [1.165, 1.54) is 0 Å². The summed E-state index contributed by atoms with van der Waals surface area (Å²) in [7, 11) is 0. The highest BCUT2D eigenvalue weighted by molar-refractivity contribution is 5.71. The second-order valence-corrected chi connectivity index (χ2v) is 5.10. The first kappa shape index (κ1) is 13.9. The maximum absolute atomic E-state index is 11.6. The van der Waals surface area contributed by atoms with Crippen LogP contribution in [0.5, 0.6) is 0 Å². The van der Waals surface area contributed by atoms with Crippen LogP contribution in [-0.4, -0.2) is 35.2 Å². The number of ether oxygens (including phenoxy) is 1. The van der Waals surface area contributed by atoms with Crippen LogP contribution in [0.25, 0.3) is 11.5 Å². The Labute approximate surface area is 122 Å². The molecule has 2 aromatic rings. The van der Waals surface area contributed by atoms with Crippen LogP contribution in [0.2, 0.25) is 0 Å². The minimum absolute atomic E-state index is 0.195. The van der Waals surface area contributed by atoms with Gasteiger partial charge >= 0.3 is 5.97 Å². The highest BCUT2D eigenvalue weighted by Crippen LogP contribution is 2.29. The highest BCUT2D eigenvalue weighted by Gasteiger charge is 2.31. The van der Waals surface area contributed by atoms with E-state index in [4.69, 9.17) is 13.7 Å². The summed E-state index contributed by atoms with van der Waals surface area (Å²) in [6.07, 6.45) is 3.82. The molecule has 0 spiro atoms. The van der Waals surface area contributed by atoms with E-state index in [1.807, 2.05) is 19.1 Å². The van der Waals surface area contributed by atoms with Crippen molar-refractivity contribution in [2.45, 2.75) is 32.4 Å². The van der Waals surface area contributed by atoms with Crippen molar-refractivity contribution in [1.82, 2.24) is 10.1 Å². The monoisotopic (exact) mass is 290 g/mol. The van der Waals surface area contributed by atoms with Crippen molar-refractivity contribution in [2.24, 2.45) is 0 Å². The van der Waals surface area contributed by atoms with Crippen molar-refractivity contribution < 1.29 is 18.5 Å². The van der Waals surface area contributed by atoms with Crippen LogP contribution in [0.15, 0.2) is 33.4 Å². The van der Waals surface area contributed by atoms with Gasteiger partial charge in [-0.25, -0.2) is 0 Å². The van der Waals surface area contributed by atoms with E-state index in [2.05, 4.69) is 10.1 Å². The van der Waals surface area contributed by atoms with Gasteiger partial charge in [-0.15, -0.1) is 0 Å². The van der Waals surface area contributed by atoms with Gasteiger partial charge in [0.1, 0.15) is 0 Å². The Hall–Kier alpha value is -2.08. The molecule has 2 heterocycles. The molecule has 1 fully saturated rings.